The van der Waals surface area contributed by atoms with E-state index in [9.17, 15) is 13.2 Å². The molecule has 0 aliphatic rings. The molecule has 2 heterocycles. The zero-order valence-corrected chi connectivity index (χ0v) is 21.5. The number of imidazole rings is 1. The molecule has 7 nitrogen and oxygen atoms in total. The normalized spacial score (nSPS) is 12.3. The van der Waals surface area contributed by atoms with E-state index in [2.05, 4.69) is 4.98 Å². The molecule has 0 radical (unpaired) electrons. The summed E-state index contributed by atoms with van der Waals surface area (Å²) in [5.74, 6) is 0.730. The van der Waals surface area contributed by atoms with Crippen LogP contribution in [0, 0.1) is 11.3 Å². The monoisotopic (exact) mass is 485 g/mol. The summed E-state index contributed by atoms with van der Waals surface area (Å²) in [4.78, 5) is 19.3. The van der Waals surface area contributed by atoms with Crippen molar-refractivity contribution in [1.29, 1.82) is 0 Å². The molecule has 0 saturated heterocycles. The van der Waals surface area contributed by atoms with Crippen molar-refractivity contribution in [3.8, 4) is 0 Å². The molecule has 3 rings (SSSR count). The van der Waals surface area contributed by atoms with E-state index in [1.165, 1.54) is 0 Å². The van der Waals surface area contributed by atoms with Gasteiger partial charge < -0.3 is 13.9 Å². The van der Waals surface area contributed by atoms with Crippen LogP contribution in [0.5, 0.6) is 0 Å². The minimum Gasteiger partial charge on any atom is -0.467 e. The van der Waals surface area contributed by atoms with Crippen LogP contribution < -0.4 is 0 Å². The number of rotatable bonds is 10. The lowest BCUT2D eigenvalue weighted by atomic mass is 9.91. The summed E-state index contributed by atoms with van der Waals surface area (Å²) in [5.41, 5.74) is 1.22. The van der Waals surface area contributed by atoms with Crippen LogP contribution in [0.2, 0.25) is 0 Å². The van der Waals surface area contributed by atoms with Gasteiger partial charge in [0.05, 0.1) is 37.0 Å². The Morgan fingerprint density at radius 2 is 1.79 bits per heavy atom. The van der Waals surface area contributed by atoms with Gasteiger partial charge in [0.25, 0.3) is 0 Å². The van der Waals surface area contributed by atoms with Crippen LogP contribution in [0.15, 0.2) is 64.5 Å². The standard InChI is InChI=1S/C26H35N3O4S/c1-20(2)16-29-22(15-27-25(29)34(31,32)19-21-10-7-6-8-11-21)17-28(18-23-12-9-13-33-23)24(30)14-26(3,4)5/h6-13,15,20H,14,16-19H2,1-5H3. The van der Waals surface area contributed by atoms with Gasteiger partial charge in [-0.1, -0.05) is 65.0 Å². The largest absolute Gasteiger partial charge is 0.467 e. The minimum atomic E-state index is -3.67. The molecule has 1 amide bonds. The third-order valence-electron chi connectivity index (χ3n) is 5.24. The van der Waals surface area contributed by atoms with Gasteiger partial charge in [-0.15, -0.1) is 0 Å². The van der Waals surface area contributed by atoms with Crippen molar-refractivity contribution >= 4 is 15.7 Å². The number of hydrogen-bond acceptors (Lipinski definition) is 5. The zero-order chi connectivity index (χ0) is 24.9. The van der Waals surface area contributed by atoms with E-state index in [0.717, 1.165) is 0 Å². The predicted octanol–water partition coefficient (Wildman–Crippen LogP) is 5.07. The molecule has 1 aromatic carbocycles. The molecule has 0 unspecified atom stereocenters. The molecular weight excluding hydrogens is 450 g/mol. The Bertz CT molecular complexity index is 1170. The third kappa shape index (κ3) is 7.06. The molecule has 0 saturated carbocycles. The maximum Gasteiger partial charge on any atom is 0.228 e. The molecule has 0 bridgehead atoms. The molecule has 0 spiro atoms. The van der Waals surface area contributed by atoms with Crippen molar-refractivity contribution in [2.75, 3.05) is 0 Å². The van der Waals surface area contributed by atoms with E-state index in [-0.39, 0.29) is 34.7 Å². The molecule has 8 heteroatoms. The van der Waals surface area contributed by atoms with E-state index in [1.54, 1.807) is 40.1 Å². The molecule has 2 aromatic heterocycles. The fourth-order valence-corrected chi connectivity index (χ4v) is 5.27. The van der Waals surface area contributed by atoms with E-state index < -0.39 is 9.84 Å². The van der Waals surface area contributed by atoms with Gasteiger partial charge in [0.2, 0.25) is 20.9 Å². The van der Waals surface area contributed by atoms with E-state index in [4.69, 9.17) is 4.42 Å². The maximum atomic E-state index is 13.3. The number of amides is 1. The smallest absolute Gasteiger partial charge is 0.228 e. The van der Waals surface area contributed by atoms with Crippen molar-refractivity contribution in [2.45, 2.75) is 71.6 Å². The fraction of sp³-hybridized carbons (Fsp3) is 0.462. The SMILES string of the molecule is CC(C)Cn1c(CN(Cc2ccco2)C(=O)CC(C)(C)C)cnc1S(=O)(=O)Cc1ccccc1. The molecule has 0 N–H and O–H groups in total. The van der Waals surface area contributed by atoms with Crippen molar-refractivity contribution in [1.82, 2.24) is 14.5 Å². The number of sulfone groups is 1. The van der Waals surface area contributed by atoms with Gasteiger partial charge in [-0.05, 0) is 29.0 Å². The van der Waals surface area contributed by atoms with Gasteiger partial charge in [0, 0.05) is 13.0 Å². The van der Waals surface area contributed by atoms with Gasteiger partial charge in [0.1, 0.15) is 5.76 Å². The summed E-state index contributed by atoms with van der Waals surface area (Å²) in [6.07, 6.45) is 3.53. The molecule has 0 atom stereocenters. The third-order valence-corrected chi connectivity index (χ3v) is 6.84. The fourth-order valence-electron chi connectivity index (χ4n) is 3.77. The van der Waals surface area contributed by atoms with Gasteiger partial charge in [-0.3, -0.25) is 4.79 Å². The van der Waals surface area contributed by atoms with Crippen molar-refractivity contribution in [3.05, 3.63) is 71.9 Å². The number of aromatic nitrogens is 2. The predicted molar refractivity (Wildman–Crippen MR) is 131 cm³/mol. The Morgan fingerprint density at radius 1 is 1.09 bits per heavy atom. The average Bonchev–Trinajstić information content (AvgIpc) is 3.37. The molecular formula is C26H35N3O4S. The van der Waals surface area contributed by atoms with Gasteiger partial charge in [-0.25, -0.2) is 13.4 Å². The highest BCUT2D eigenvalue weighted by atomic mass is 32.2. The molecule has 3 aromatic rings. The van der Waals surface area contributed by atoms with Crippen LogP contribution >= 0.6 is 0 Å². The number of benzene rings is 1. The van der Waals surface area contributed by atoms with Crippen molar-refractivity contribution < 1.29 is 17.6 Å². The Labute approximate surface area is 202 Å². The van der Waals surface area contributed by atoms with Crippen LogP contribution in [0.3, 0.4) is 0 Å². The van der Waals surface area contributed by atoms with Crippen LogP contribution in [-0.4, -0.2) is 28.8 Å². The lowest BCUT2D eigenvalue weighted by Crippen LogP contribution is -2.33. The second-order valence-electron chi connectivity index (χ2n) is 10.3. The second-order valence-corrected chi connectivity index (χ2v) is 12.2. The lowest BCUT2D eigenvalue weighted by Gasteiger charge is -2.27. The highest BCUT2D eigenvalue weighted by Crippen LogP contribution is 2.24. The van der Waals surface area contributed by atoms with Gasteiger partial charge in [0.15, 0.2) is 0 Å². The Hall–Kier alpha value is -2.87. The van der Waals surface area contributed by atoms with Gasteiger partial charge in [-0.2, -0.15) is 0 Å². The van der Waals surface area contributed by atoms with E-state index in [0.29, 0.717) is 36.5 Å². The van der Waals surface area contributed by atoms with Gasteiger partial charge >= 0.3 is 0 Å². The first-order valence-corrected chi connectivity index (χ1v) is 13.2. The summed E-state index contributed by atoms with van der Waals surface area (Å²) in [5, 5.41) is 0.0428. The highest BCUT2D eigenvalue weighted by molar-refractivity contribution is 7.90. The second kappa shape index (κ2) is 10.6. The molecule has 34 heavy (non-hydrogen) atoms. The van der Waals surface area contributed by atoms with Crippen molar-refractivity contribution in [2.24, 2.45) is 11.3 Å². The highest BCUT2D eigenvalue weighted by Gasteiger charge is 2.27. The number of carbonyl (C=O) groups is 1. The average molecular weight is 486 g/mol. The Balaban J connectivity index is 1.94. The van der Waals surface area contributed by atoms with Crippen LogP contribution in [0.1, 0.15) is 58.1 Å². The van der Waals surface area contributed by atoms with Crippen molar-refractivity contribution in [3.63, 3.8) is 0 Å². The van der Waals surface area contributed by atoms with Crippen LogP contribution in [0.4, 0.5) is 0 Å². The van der Waals surface area contributed by atoms with Crippen LogP contribution in [-0.2, 0) is 40.0 Å². The minimum absolute atomic E-state index is 0.0186. The number of nitrogens with zero attached hydrogens (tertiary/aromatic N) is 3. The number of hydrogen-bond donors (Lipinski definition) is 0. The number of carbonyl (C=O) groups excluding carboxylic acids is 1. The lowest BCUT2D eigenvalue weighted by molar-refractivity contribution is -0.134. The van der Waals surface area contributed by atoms with Crippen LogP contribution in [0.25, 0.3) is 0 Å². The first-order valence-electron chi connectivity index (χ1n) is 11.6. The molecule has 0 aliphatic heterocycles. The zero-order valence-electron chi connectivity index (χ0n) is 20.7. The Kier molecular flexibility index (Phi) is 8.02. The molecule has 0 fully saturated rings. The summed E-state index contributed by atoms with van der Waals surface area (Å²) >= 11 is 0. The first kappa shape index (κ1) is 25.7. The quantitative estimate of drug-likeness (QED) is 0.400. The Morgan fingerprint density at radius 3 is 2.38 bits per heavy atom. The van der Waals surface area contributed by atoms with E-state index in [1.807, 2.05) is 58.9 Å². The molecule has 0 aliphatic carbocycles. The summed E-state index contributed by atoms with van der Waals surface area (Å²) in [7, 11) is -3.67. The molecule has 184 valence electrons. The topological polar surface area (TPSA) is 85.4 Å². The number of furan rings is 1. The first-order chi connectivity index (χ1) is 15.9. The summed E-state index contributed by atoms with van der Waals surface area (Å²) < 4.78 is 33.8. The van der Waals surface area contributed by atoms with E-state index >= 15 is 0 Å². The maximum absolute atomic E-state index is 13.3. The summed E-state index contributed by atoms with van der Waals surface area (Å²) in [6, 6.07) is 12.7. The summed E-state index contributed by atoms with van der Waals surface area (Å²) in [6.45, 7) is 11.2.